The summed E-state index contributed by atoms with van der Waals surface area (Å²) >= 11 is 6.05. The molecule has 0 fully saturated rings. The summed E-state index contributed by atoms with van der Waals surface area (Å²) in [5, 5.41) is 1.11. The third-order valence-corrected chi connectivity index (χ3v) is 4.39. The Morgan fingerprint density at radius 1 is 1.04 bits per heavy atom. The first-order valence-electron chi connectivity index (χ1n) is 8.13. The highest BCUT2D eigenvalue weighted by molar-refractivity contribution is 6.31. The molecule has 5 heteroatoms. The highest BCUT2D eigenvalue weighted by atomic mass is 35.5. The van der Waals surface area contributed by atoms with E-state index in [1.807, 2.05) is 49.4 Å². The quantitative estimate of drug-likeness (QED) is 0.535. The number of hydrogen-bond donors (Lipinski definition) is 1. The first-order chi connectivity index (χ1) is 12.6. The molecular formula is C21H15ClN2O2. The molecule has 0 aliphatic heterocycles. The number of halogens is 1. The van der Waals surface area contributed by atoms with Crippen LogP contribution in [0.3, 0.4) is 0 Å². The first kappa shape index (κ1) is 16.4. The highest BCUT2D eigenvalue weighted by Crippen LogP contribution is 2.26. The van der Waals surface area contributed by atoms with E-state index in [0.29, 0.717) is 27.6 Å². The molecule has 4 rings (SSSR count). The van der Waals surface area contributed by atoms with Crippen LogP contribution in [0.1, 0.15) is 5.69 Å². The Morgan fingerprint density at radius 2 is 1.85 bits per heavy atom. The summed E-state index contributed by atoms with van der Waals surface area (Å²) < 4.78 is 5.70. The minimum Gasteiger partial charge on any atom is -0.439 e. The lowest BCUT2D eigenvalue weighted by Crippen LogP contribution is -2.09. The lowest BCUT2D eigenvalue weighted by Gasteiger charge is -2.10. The van der Waals surface area contributed by atoms with Gasteiger partial charge in [0.1, 0.15) is 5.75 Å². The second-order valence-corrected chi connectivity index (χ2v) is 6.37. The topological polar surface area (TPSA) is 55.0 Å². The number of nitrogens with zero attached hydrogens (tertiary/aromatic N) is 1. The number of H-pyrrole nitrogens is 1. The van der Waals surface area contributed by atoms with Gasteiger partial charge in [-0.15, -0.1) is 0 Å². The van der Waals surface area contributed by atoms with E-state index in [2.05, 4.69) is 9.97 Å². The van der Waals surface area contributed by atoms with Crippen molar-refractivity contribution in [2.45, 2.75) is 6.92 Å². The van der Waals surface area contributed by atoms with Crippen molar-refractivity contribution >= 4 is 22.5 Å². The Kier molecular flexibility index (Phi) is 4.19. The minimum atomic E-state index is -0.0443. The largest absolute Gasteiger partial charge is 0.439 e. The van der Waals surface area contributed by atoms with Crippen molar-refractivity contribution in [1.29, 1.82) is 0 Å². The number of rotatable bonds is 3. The van der Waals surface area contributed by atoms with Gasteiger partial charge in [0.25, 0.3) is 0 Å². The zero-order valence-corrected chi connectivity index (χ0v) is 14.7. The molecule has 26 heavy (non-hydrogen) atoms. The molecule has 128 valence electrons. The molecular weight excluding hydrogens is 348 g/mol. The van der Waals surface area contributed by atoms with E-state index in [-0.39, 0.29) is 5.43 Å². The fraction of sp³-hybridized carbons (Fsp3) is 0.0476. The Balaban J connectivity index is 1.75. The second-order valence-electron chi connectivity index (χ2n) is 5.94. The lowest BCUT2D eigenvalue weighted by molar-refractivity contribution is 0.463. The molecule has 2 heterocycles. The number of fused-ring (bicyclic) bond motifs is 1. The number of ether oxygens (including phenoxy) is 1. The molecule has 2 aromatic carbocycles. The van der Waals surface area contributed by atoms with Crippen LogP contribution in [-0.4, -0.2) is 9.97 Å². The van der Waals surface area contributed by atoms with E-state index < -0.39 is 0 Å². The van der Waals surface area contributed by atoms with E-state index in [1.54, 1.807) is 24.4 Å². The number of aryl methyl sites for hydroxylation is 1. The normalized spacial score (nSPS) is 10.8. The summed E-state index contributed by atoms with van der Waals surface area (Å²) in [6, 6.07) is 18.1. The van der Waals surface area contributed by atoms with E-state index in [4.69, 9.17) is 16.3 Å². The lowest BCUT2D eigenvalue weighted by atomic mass is 10.0. The van der Waals surface area contributed by atoms with Crippen LogP contribution in [-0.2, 0) is 0 Å². The standard InChI is InChI=1S/C21H15ClN2O2/c1-13-20(21(25)17-12-15(22)7-10-18(17)24-13)14-5-8-16(9-6-14)26-19-4-2-3-11-23-19/h2-12H,1H3,(H,24,25). The van der Waals surface area contributed by atoms with Crippen molar-refractivity contribution in [3.05, 3.63) is 87.8 Å². The van der Waals surface area contributed by atoms with Crippen LogP contribution in [0.25, 0.3) is 22.0 Å². The molecule has 0 radical (unpaired) electrons. The smallest absolute Gasteiger partial charge is 0.219 e. The van der Waals surface area contributed by atoms with Crippen LogP contribution >= 0.6 is 11.6 Å². The SMILES string of the molecule is Cc1[nH]c2ccc(Cl)cc2c(=O)c1-c1ccc(Oc2ccccn2)cc1. The molecule has 0 saturated heterocycles. The maximum absolute atomic E-state index is 13.0. The number of aromatic nitrogens is 2. The van der Waals surface area contributed by atoms with Gasteiger partial charge in [0, 0.05) is 39.4 Å². The van der Waals surface area contributed by atoms with E-state index in [1.165, 1.54) is 0 Å². The summed E-state index contributed by atoms with van der Waals surface area (Å²) in [7, 11) is 0. The van der Waals surface area contributed by atoms with Gasteiger partial charge >= 0.3 is 0 Å². The van der Waals surface area contributed by atoms with Crippen LogP contribution in [0, 0.1) is 6.92 Å². The average molecular weight is 363 g/mol. The molecule has 0 bridgehead atoms. The van der Waals surface area contributed by atoms with Crippen molar-refractivity contribution < 1.29 is 4.74 Å². The van der Waals surface area contributed by atoms with Crippen molar-refractivity contribution in [2.75, 3.05) is 0 Å². The second kappa shape index (κ2) is 6.65. The van der Waals surface area contributed by atoms with Crippen LogP contribution in [0.15, 0.2) is 71.7 Å². The third kappa shape index (κ3) is 3.07. The molecule has 0 amide bonds. The minimum absolute atomic E-state index is 0.0443. The predicted octanol–water partition coefficient (Wildman–Crippen LogP) is 5.34. The van der Waals surface area contributed by atoms with E-state index in [0.717, 1.165) is 16.8 Å². The number of aromatic amines is 1. The average Bonchev–Trinajstić information content (AvgIpc) is 2.65. The number of pyridine rings is 2. The zero-order chi connectivity index (χ0) is 18.1. The van der Waals surface area contributed by atoms with Crippen LogP contribution in [0.2, 0.25) is 5.02 Å². The molecule has 0 unspecified atom stereocenters. The Morgan fingerprint density at radius 3 is 2.58 bits per heavy atom. The Bertz CT molecular complexity index is 1140. The van der Waals surface area contributed by atoms with Crippen LogP contribution in [0.4, 0.5) is 0 Å². The fourth-order valence-corrected chi connectivity index (χ4v) is 3.12. The van der Waals surface area contributed by atoms with Gasteiger partial charge in [-0.25, -0.2) is 4.98 Å². The van der Waals surface area contributed by atoms with Crippen molar-refractivity contribution in [3.8, 4) is 22.8 Å². The van der Waals surface area contributed by atoms with Gasteiger partial charge in [-0.2, -0.15) is 0 Å². The van der Waals surface area contributed by atoms with Crippen LogP contribution < -0.4 is 10.2 Å². The fourth-order valence-electron chi connectivity index (χ4n) is 2.95. The van der Waals surface area contributed by atoms with Gasteiger partial charge in [-0.05, 0) is 48.9 Å². The molecule has 4 nitrogen and oxygen atoms in total. The van der Waals surface area contributed by atoms with Crippen molar-refractivity contribution in [1.82, 2.24) is 9.97 Å². The maximum Gasteiger partial charge on any atom is 0.219 e. The monoisotopic (exact) mass is 362 g/mol. The van der Waals surface area contributed by atoms with Gasteiger partial charge in [0.15, 0.2) is 5.43 Å². The number of nitrogens with one attached hydrogen (secondary N) is 1. The van der Waals surface area contributed by atoms with Gasteiger partial charge in [0.05, 0.1) is 0 Å². The van der Waals surface area contributed by atoms with Gasteiger partial charge < -0.3 is 9.72 Å². The molecule has 1 N–H and O–H groups in total. The van der Waals surface area contributed by atoms with Gasteiger partial charge in [-0.3, -0.25) is 4.79 Å². The number of benzene rings is 2. The van der Waals surface area contributed by atoms with Crippen molar-refractivity contribution in [3.63, 3.8) is 0 Å². The summed E-state index contributed by atoms with van der Waals surface area (Å²) in [5.41, 5.74) is 2.99. The van der Waals surface area contributed by atoms with Gasteiger partial charge in [0.2, 0.25) is 5.88 Å². The molecule has 0 spiro atoms. The third-order valence-electron chi connectivity index (χ3n) is 4.15. The highest BCUT2D eigenvalue weighted by Gasteiger charge is 2.12. The molecule has 2 aromatic heterocycles. The molecule has 0 atom stereocenters. The molecule has 0 saturated carbocycles. The summed E-state index contributed by atoms with van der Waals surface area (Å²) in [6.45, 7) is 1.89. The molecule has 0 aliphatic carbocycles. The first-order valence-corrected chi connectivity index (χ1v) is 8.51. The maximum atomic E-state index is 13.0. The Labute approximate surface area is 155 Å². The molecule has 4 aromatic rings. The summed E-state index contributed by atoms with van der Waals surface area (Å²) in [5.74, 6) is 1.18. The van der Waals surface area contributed by atoms with E-state index in [9.17, 15) is 4.79 Å². The summed E-state index contributed by atoms with van der Waals surface area (Å²) in [6.07, 6.45) is 1.67. The Hall–Kier alpha value is -3.11. The van der Waals surface area contributed by atoms with Crippen molar-refractivity contribution in [2.24, 2.45) is 0 Å². The predicted molar refractivity (Wildman–Crippen MR) is 104 cm³/mol. The summed E-state index contributed by atoms with van der Waals surface area (Å²) in [4.78, 5) is 20.4. The zero-order valence-electron chi connectivity index (χ0n) is 14.0. The molecule has 0 aliphatic rings. The van der Waals surface area contributed by atoms with E-state index >= 15 is 0 Å². The van der Waals surface area contributed by atoms with Crippen LogP contribution in [0.5, 0.6) is 11.6 Å². The van der Waals surface area contributed by atoms with Gasteiger partial charge in [-0.1, -0.05) is 29.8 Å². The number of hydrogen-bond acceptors (Lipinski definition) is 3.